The van der Waals surface area contributed by atoms with E-state index in [9.17, 15) is 0 Å². The van der Waals surface area contributed by atoms with Crippen LogP contribution in [-0.2, 0) is 0 Å². The minimum Gasteiger partial charge on any atom is -0.0988 e. The number of allylic oxidation sites excluding steroid dienone is 12. The van der Waals surface area contributed by atoms with E-state index in [-0.39, 0.29) is 0 Å². The molecule has 0 radical (unpaired) electrons. The van der Waals surface area contributed by atoms with E-state index in [1.165, 1.54) is 22.3 Å². The van der Waals surface area contributed by atoms with Gasteiger partial charge in [-0.05, 0) is 22.3 Å². The molecule has 92 valence electrons. The lowest BCUT2D eigenvalue weighted by Gasteiger charge is -2.37. The summed E-state index contributed by atoms with van der Waals surface area (Å²) in [5, 5.41) is 0. The highest BCUT2D eigenvalue weighted by Crippen LogP contribution is 2.46. The molecule has 0 aliphatic heterocycles. The summed E-state index contributed by atoms with van der Waals surface area (Å²) in [6, 6.07) is 0. The zero-order valence-electron chi connectivity index (χ0n) is 11.2. The zero-order valence-corrected chi connectivity index (χ0v) is 11.2. The Hall–Kier alpha value is -1.82. The highest BCUT2D eigenvalue weighted by Gasteiger charge is 2.34. The van der Waals surface area contributed by atoms with Gasteiger partial charge in [0, 0.05) is 11.8 Å². The molecule has 0 N–H and O–H groups in total. The van der Waals surface area contributed by atoms with Gasteiger partial charge in [-0.15, -0.1) is 0 Å². The van der Waals surface area contributed by atoms with E-state index in [2.05, 4.69) is 55.7 Å². The summed E-state index contributed by atoms with van der Waals surface area (Å²) in [6.45, 7) is 12.1. The fraction of sp³-hybridized carbons (Fsp3) is 0.222. The predicted molar refractivity (Wildman–Crippen MR) is 80.2 cm³/mol. The topological polar surface area (TPSA) is 0 Å². The first kappa shape index (κ1) is 12.6. The average Bonchev–Trinajstić information content (AvgIpc) is 2.45. The van der Waals surface area contributed by atoms with Gasteiger partial charge in [0.1, 0.15) is 0 Å². The molecule has 0 saturated carbocycles. The monoisotopic (exact) mass is 236 g/mol. The molecule has 0 heteroatoms. The summed E-state index contributed by atoms with van der Waals surface area (Å²) < 4.78 is 0. The molecule has 0 aromatic heterocycles. The van der Waals surface area contributed by atoms with Gasteiger partial charge in [0.15, 0.2) is 0 Å². The second-order valence-corrected chi connectivity index (χ2v) is 4.43. The molecule has 0 amide bonds. The van der Waals surface area contributed by atoms with Crippen LogP contribution in [0.3, 0.4) is 0 Å². The van der Waals surface area contributed by atoms with Gasteiger partial charge < -0.3 is 0 Å². The van der Waals surface area contributed by atoms with E-state index in [0.717, 1.165) is 0 Å². The van der Waals surface area contributed by atoms with E-state index >= 15 is 0 Å². The molecule has 2 unspecified atom stereocenters. The van der Waals surface area contributed by atoms with Crippen LogP contribution in [0.2, 0.25) is 0 Å². The molecular formula is C18H20. The lowest BCUT2D eigenvalue weighted by atomic mass is 9.66. The number of hydrogen-bond donors (Lipinski definition) is 0. The molecule has 2 atom stereocenters. The Balaban J connectivity index is 0.000000574. The molecule has 0 heterocycles. The molecule has 0 aromatic rings. The highest BCUT2D eigenvalue weighted by atomic mass is 14.4. The van der Waals surface area contributed by atoms with Crippen LogP contribution in [0.25, 0.3) is 0 Å². The van der Waals surface area contributed by atoms with E-state index in [1.54, 1.807) is 0 Å². The van der Waals surface area contributed by atoms with Crippen LogP contribution in [-0.4, -0.2) is 0 Å². The van der Waals surface area contributed by atoms with Crippen LogP contribution in [0, 0.1) is 11.8 Å². The van der Waals surface area contributed by atoms with Crippen LogP contribution in [0.4, 0.5) is 0 Å². The van der Waals surface area contributed by atoms with Gasteiger partial charge in [0.25, 0.3) is 0 Å². The molecule has 3 rings (SSSR count). The maximum atomic E-state index is 4.17. The van der Waals surface area contributed by atoms with Crippen LogP contribution in [0.15, 0.2) is 84.1 Å². The first-order chi connectivity index (χ1) is 8.81. The van der Waals surface area contributed by atoms with Crippen LogP contribution in [0.1, 0.15) is 13.8 Å². The summed E-state index contributed by atoms with van der Waals surface area (Å²) in [7, 11) is 0. The Morgan fingerprint density at radius 2 is 1.67 bits per heavy atom. The summed E-state index contributed by atoms with van der Waals surface area (Å²) in [5.41, 5.74) is 5.25. The third-order valence-electron chi connectivity index (χ3n) is 3.58. The third kappa shape index (κ3) is 1.88. The van der Waals surface area contributed by atoms with Crippen LogP contribution < -0.4 is 0 Å². The standard InChI is InChI=1S/C16H14.C2H6/c1-3-12-9-10-14-6-4-5-13-8-7-11(2)15(12)16(13)14;1-2/h3-10,15-16H,1-2H2;1-2H3. The molecule has 3 aliphatic rings. The minimum absolute atomic E-state index is 0.388. The van der Waals surface area contributed by atoms with E-state index in [4.69, 9.17) is 0 Å². The normalized spacial score (nSPS) is 27.2. The molecule has 0 fully saturated rings. The Morgan fingerprint density at radius 1 is 0.944 bits per heavy atom. The predicted octanol–water partition coefficient (Wildman–Crippen LogP) is 4.92. The van der Waals surface area contributed by atoms with E-state index in [1.807, 2.05) is 19.9 Å². The molecule has 0 bridgehead atoms. The highest BCUT2D eigenvalue weighted by molar-refractivity contribution is 5.56. The maximum Gasteiger partial charge on any atom is 0.0198 e. The van der Waals surface area contributed by atoms with E-state index < -0.39 is 0 Å². The Morgan fingerprint density at radius 3 is 2.39 bits per heavy atom. The maximum absolute atomic E-state index is 4.17. The zero-order chi connectivity index (χ0) is 13.1. The average molecular weight is 236 g/mol. The SMILES string of the molecule is C=CC1=CC=C2C=CC=C3C=CC(=C)C1C32.CC. The summed E-state index contributed by atoms with van der Waals surface area (Å²) >= 11 is 0. The third-order valence-corrected chi connectivity index (χ3v) is 3.58. The number of hydrogen-bond acceptors (Lipinski definition) is 0. The van der Waals surface area contributed by atoms with Gasteiger partial charge in [-0.1, -0.05) is 75.6 Å². The van der Waals surface area contributed by atoms with Crippen molar-refractivity contribution >= 4 is 0 Å². The fourth-order valence-electron chi connectivity index (χ4n) is 2.79. The van der Waals surface area contributed by atoms with Crippen molar-refractivity contribution in [2.24, 2.45) is 11.8 Å². The Labute approximate surface area is 110 Å². The lowest BCUT2D eigenvalue weighted by molar-refractivity contribution is 0.569. The Kier molecular flexibility index (Phi) is 3.66. The van der Waals surface area contributed by atoms with Crippen molar-refractivity contribution in [3.8, 4) is 0 Å². The van der Waals surface area contributed by atoms with Gasteiger partial charge >= 0.3 is 0 Å². The largest absolute Gasteiger partial charge is 0.0988 e. The van der Waals surface area contributed by atoms with Crippen LogP contribution in [0.5, 0.6) is 0 Å². The fourth-order valence-corrected chi connectivity index (χ4v) is 2.79. The quantitative estimate of drug-likeness (QED) is 0.606. The summed E-state index contributed by atoms with van der Waals surface area (Å²) in [6.07, 6.45) is 17.2. The van der Waals surface area contributed by atoms with Gasteiger partial charge in [-0.25, -0.2) is 0 Å². The van der Waals surface area contributed by atoms with Gasteiger partial charge in [0.2, 0.25) is 0 Å². The smallest absolute Gasteiger partial charge is 0.0198 e. The second kappa shape index (κ2) is 5.22. The van der Waals surface area contributed by atoms with Crippen molar-refractivity contribution in [2.45, 2.75) is 13.8 Å². The second-order valence-electron chi connectivity index (χ2n) is 4.43. The molecule has 3 aliphatic carbocycles. The van der Waals surface area contributed by atoms with Crippen molar-refractivity contribution in [2.75, 3.05) is 0 Å². The van der Waals surface area contributed by atoms with Gasteiger partial charge in [-0.3, -0.25) is 0 Å². The van der Waals surface area contributed by atoms with Gasteiger partial charge in [-0.2, -0.15) is 0 Å². The minimum atomic E-state index is 0.388. The lowest BCUT2D eigenvalue weighted by Crippen LogP contribution is -2.26. The molecule has 0 saturated heterocycles. The van der Waals surface area contributed by atoms with Crippen molar-refractivity contribution in [1.82, 2.24) is 0 Å². The summed E-state index contributed by atoms with van der Waals surface area (Å²) in [4.78, 5) is 0. The Bertz CT molecular complexity index is 506. The molecule has 0 aromatic carbocycles. The van der Waals surface area contributed by atoms with E-state index in [0.29, 0.717) is 11.8 Å². The molecular weight excluding hydrogens is 216 g/mol. The molecule has 0 nitrogen and oxygen atoms in total. The van der Waals surface area contributed by atoms with Crippen LogP contribution >= 0.6 is 0 Å². The first-order valence-electron chi connectivity index (χ1n) is 6.60. The van der Waals surface area contributed by atoms with Crippen molar-refractivity contribution < 1.29 is 0 Å². The summed E-state index contributed by atoms with van der Waals surface area (Å²) in [5.74, 6) is 0.846. The van der Waals surface area contributed by atoms with Crippen molar-refractivity contribution in [3.05, 3.63) is 84.1 Å². The molecule has 0 spiro atoms. The van der Waals surface area contributed by atoms with Crippen molar-refractivity contribution in [1.29, 1.82) is 0 Å². The number of rotatable bonds is 1. The molecule has 18 heavy (non-hydrogen) atoms. The van der Waals surface area contributed by atoms with Gasteiger partial charge in [0.05, 0.1) is 0 Å². The van der Waals surface area contributed by atoms with Crippen molar-refractivity contribution in [3.63, 3.8) is 0 Å². The first-order valence-corrected chi connectivity index (χ1v) is 6.60.